The Bertz CT molecular complexity index is 440. The first-order valence-corrected chi connectivity index (χ1v) is 6.66. The fourth-order valence-corrected chi connectivity index (χ4v) is 1.69. The van der Waals surface area contributed by atoms with Crippen LogP contribution >= 0.6 is 11.6 Å². The molecule has 0 spiro atoms. The van der Waals surface area contributed by atoms with Gasteiger partial charge in [-0.1, -0.05) is 18.5 Å². The van der Waals surface area contributed by atoms with Gasteiger partial charge in [0, 0.05) is 19.8 Å². The number of carbonyl (C=O) groups excluding carboxylic acids is 1. The van der Waals surface area contributed by atoms with Gasteiger partial charge in [-0.05, 0) is 19.4 Å². The summed E-state index contributed by atoms with van der Waals surface area (Å²) in [6.45, 7) is 4.51. The van der Waals surface area contributed by atoms with Crippen LogP contribution in [0.5, 0.6) is 0 Å². The van der Waals surface area contributed by atoms with Gasteiger partial charge in [0.25, 0.3) is 5.91 Å². The van der Waals surface area contributed by atoms with Crippen LogP contribution in [0.1, 0.15) is 30.6 Å². The van der Waals surface area contributed by atoms with E-state index >= 15 is 0 Å². The minimum atomic E-state index is -0.246. The number of halogens is 1. The molecule has 1 amide bonds. The molecular weight excluding hydrogens is 266 g/mol. The standard InChI is InChI=1S/C13H20ClN3O2/c1-4-5-15-12-11(14)6-10(7-16-12)13(19)17(3)9(2)8-18/h6-7,9,18H,4-5,8H2,1-3H3,(H,15,16). The van der Waals surface area contributed by atoms with Gasteiger partial charge in [-0.2, -0.15) is 0 Å². The molecule has 1 aromatic rings. The molecule has 5 nitrogen and oxygen atoms in total. The highest BCUT2D eigenvalue weighted by Crippen LogP contribution is 2.21. The first-order chi connectivity index (χ1) is 9.01. The topological polar surface area (TPSA) is 65.5 Å². The minimum absolute atomic E-state index is 0.0838. The molecular formula is C13H20ClN3O2. The van der Waals surface area contributed by atoms with Gasteiger partial charge in [0.2, 0.25) is 0 Å². The summed E-state index contributed by atoms with van der Waals surface area (Å²) in [6.07, 6.45) is 2.46. The molecule has 0 bridgehead atoms. The van der Waals surface area contributed by atoms with Crippen LogP contribution in [0.2, 0.25) is 5.02 Å². The van der Waals surface area contributed by atoms with E-state index in [9.17, 15) is 4.79 Å². The molecule has 1 heterocycles. The van der Waals surface area contributed by atoms with E-state index in [1.807, 2.05) is 6.92 Å². The van der Waals surface area contributed by atoms with Crippen molar-refractivity contribution in [1.29, 1.82) is 0 Å². The molecule has 1 aromatic heterocycles. The molecule has 0 radical (unpaired) electrons. The van der Waals surface area contributed by atoms with E-state index in [1.54, 1.807) is 20.0 Å². The Kier molecular flexibility index (Phi) is 6.05. The predicted molar refractivity (Wildman–Crippen MR) is 76.7 cm³/mol. The fraction of sp³-hybridized carbons (Fsp3) is 0.538. The molecule has 0 saturated heterocycles. The van der Waals surface area contributed by atoms with Crippen LogP contribution in [0.4, 0.5) is 5.82 Å². The van der Waals surface area contributed by atoms with Gasteiger partial charge in [-0.15, -0.1) is 0 Å². The number of nitrogens with zero attached hydrogens (tertiary/aromatic N) is 2. The Balaban J connectivity index is 2.85. The molecule has 0 aliphatic carbocycles. The zero-order chi connectivity index (χ0) is 14.4. The van der Waals surface area contributed by atoms with Crippen molar-refractivity contribution in [2.75, 3.05) is 25.5 Å². The Morgan fingerprint density at radius 1 is 1.63 bits per heavy atom. The Hall–Kier alpha value is -1.33. The molecule has 6 heteroatoms. The zero-order valence-electron chi connectivity index (χ0n) is 11.5. The van der Waals surface area contributed by atoms with Crippen molar-refractivity contribution in [2.45, 2.75) is 26.3 Å². The summed E-state index contributed by atoms with van der Waals surface area (Å²) in [6, 6.07) is 1.35. The third-order valence-electron chi connectivity index (χ3n) is 2.88. The first-order valence-electron chi connectivity index (χ1n) is 6.28. The SMILES string of the molecule is CCCNc1ncc(C(=O)N(C)C(C)CO)cc1Cl. The van der Waals surface area contributed by atoms with Crippen molar-refractivity contribution in [3.8, 4) is 0 Å². The van der Waals surface area contributed by atoms with Crippen LogP contribution < -0.4 is 5.32 Å². The normalized spacial score (nSPS) is 12.1. The van der Waals surface area contributed by atoms with Crippen molar-refractivity contribution >= 4 is 23.3 Å². The van der Waals surface area contributed by atoms with Gasteiger partial charge in [-0.25, -0.2) is 4.98 Å². The highest BCUT2D eigenvalue weighted by atomic mass is 35.5. The lowest BCUT2D eigenvalue weighted by Gasteiger charge is -2.23. The Morgan fingerprint density at radius 2 is 2.32 bits per heavy atom. The zero-order valence-corrected chi connectivity index (χ0v) is 12.2. The van der Waals surface area contributed by atoms with Crippen LogP contribution in [0.15, 0.2) is 12.3 Å². The number of likely N-dealkylation sites (N-methyl/N-ethyl adjacent to an activating group) is 1. The lowest BCUT2D eigenvalue weighted by atomic mass is 10.2. The Labute approximate surface area is 118 Å². The largest absolute Gasteiger partial charge is 0.394 e. The van der Waals surface area contributed by atoms with E-state index < -0.39 is 0 Å². The van der Waals surface area contributed by atoms with Crippen molar-refractivity contribution in [2.24, 2.45) is 0 Å². The first kappa shape index (κ1) is 15.7. The maximum atomic E-state index is 12.1. The number of aliphatic hydroxyl groups is 1. The van der Waals surface area contributed by atoms with Gasteiger partial charge in [0.05, 0.1) is 23.2 Å². The number of amides is 1. The molecule has 0 fully saturated rings. The summed E-state index contributed by atoms with van der Waals surface area (Å²) in [4.78, 5) is 17.7. The van der Waals surface area contributed by atoms with Crippen LogP contribution in [-0.2, 0) is 0 Å². The maximum Gasteiger partial charge on any atom is 0.255 e. The molecule has 1 atom stereocenters. The van der Waals surface area contributed by atoms with E-state index in [-0.39, 0.29) is 18.6 Å². The molecule has 0 aromatic carbocycles. The van der Waals surface area contributed by atoms with E-state index in [2.05, 4.69) is 10.3 Å². The predicted octanol–water partition coefficient (Wildman–Crippen LogP) is 2.01. The summed E-state index contributed by atoms with van der Waals surface area (Å²) < 4.78 is 0. The molecule has 2 N–H and O–H groups in total. The highest BCUT2D eigenvalue weighted by Gasteiger charge is 2.18. The third-order valence-corrected chi connectivity index (χ3v) is 3.16. The van der Waals surface area contributed by atoms with Gasteiger partial charge in [0.1, 0.15) is 5.82 Å². The number of anilines is 1. The average Bonchev–Trinajstić information content (AvgIpc) is 2.43. The lowest BCUT2D eigenvalue weighted by Crippen LogP contribution is -2.37. The van der Waals surface area contributed by atoms with E-state index in [0.29, 0.717) is 16.4 Å². The van der Waals surface area contributed by atoms with E-state index in [0.717, 1.165) is 13.0 Å². The highest BCUT2D eigenvalue weighted by molar-refractivity contribution is 6.33. The number of pyridine rings is 1. The molecule has 19 heavy (non-hydrogen) atoms. The van der Waals surface area contributed by atoms with Crippen molar-refractivity contribution in [1.82, 2.24) is 9.88 Å². The molecule has 1 unspecified atom stereocenters. The molecule has 0 saturated carbocycles. The molecule has 0 aliphatic heterocycles. The van der Waals surface area contributed by atoms with Crippen LogP contribution in [0, 0.1) is 0 Å². The summed E-state index contributed by atoms with van der Waals surface area (Å²) in [7, 11) is 1.64. The molecule has 1 rings (SSSR count). The second kappa shape index (κ2) is 7.31. The van der Waals surface area contributed by atoms with E-state index in [1.165, 1.54) is 11.1 Å². The third kappa shape index (κ3) is 4.08. The van der Waals surface area contributed by atoms with Gasteiger partial charge in [-0.3, -0.25) is 4.79 Å². The van der Waals surface area contributed by atoms with Crippen molar-refractivity contribution in [3.63, 3.8) is 0 Å². The summed E-state index contributed by atoms with van der Waals surface area (Å²) in [5.41, 5.74) is 0.412. The van der Waals surface area contributed by atoms with Gasteiger partial charge >= 0.3 is 0 Å². The quantitative estimate of drug-likeness (QED) is 0.839. The van der Waals surface area contributed by atoms with Crippen LogP contribution in [0.3, 0.4) is 0 Å². The summed E-state index contributed by atoms with van der Waals surface area (Å²) >= 11 is 6.08. The second-order valence-electron chi connectivity index (χ2n) is 4.43. The van der Waals surface area contributed by atoms with E-state index in [4.69, 9.17) is 16.7 Å². The second-order valence-corrected chi connectivity index (χ2v) is 4.84. The molecule has 106 valence electrons. The number of aliphatic hydroxyl groups excluding tert-OH is 1. The smallest absolute Gasteiger partial charge is 0.255 e. The van der Waals surface area contributed by atoms with Crippen LogP contribution in [-0.4, -0.2) is 47.1 Å². The number of hydrogen-bond donors (Lipinski definition) is 2. The van der Waals surface area contributed by atoms with Crippen molar-refractivity contribution in [3.05, 3.63) is 22.8 Å². The summed E-state index contributed by atoms with van der Waals surface area (Å²) in [5, 5.41) is 12.6. The van der Waals surface area contributed by atoms with Gasteiger partial charge in [0.15, 0.2) is 0 Å². The van der Waals surface area contributed by atoms with Gasteiger partial charge < -0.3 is 15.3 Å². The summed E-state index contributed by atoms with van der Waals surface area (Å²) in [5.74, 6) is 0.371. The number of hydrogen-bond acceptors (Lipinski definition) is 4. The van der Waals surface area contributed by atoms with Crippen LogP contribution in [0.25, 0.3) is 0 Å². The monoisotopic (exact) mass is 285 g/mol. The fourth-order valence-electron chi connectivity index (χ4n) is 1.45. The number of carbonyl (C=O) groups is 1. The lowest BCUT2D eigenvalue weighted by molar-refractivity contribution is 0.0682. The molecule has 0 aliphatic rings. The minimum Gasteiger partial charge on any atom is -0.394 e. The number of nitrogens with one attached hydrogen (secondary N) is 1. The Morgan fingerprint density at radius 3 is 2.84 bits per heavy atom. The average molecular weight is 286 g/mol. The number of rotatable bonds is 6. The number of aromatic nitrogens is 1. The maximum absolute atomic E-state index is 12.1. The van der Waals surface area contributed by atoms with Crippen molar-refractivity contribution < 1.29 is 9.90 Å².